The summed E-state index contributed by atoms with van der Waals surface area (Å²) in [6.07, 6.45) is 6.11. The number of carbonyl (C=O) groups is 2. The Balaban J connectivity index is 2.24. The molecule has 0 aromatic carbocycles. The molecule has 0 fully saturated rings. The maximum absolute atomic E-state index is 12.2. The first-order valence-corrected chi connectivity index (χ1v) is 7.04. The van der Waals surface area contributed by atoms with Gasteiger partial charge in [-0.3, -0.25) is 9.59 Å². The molecular weight excluding hydrogens is 226 g/mol. The molecule has 0 bridgehead atoms. The summed E-state index contributed by atoms with van der Waals surface area (Å²) in [5, 5.41) is 0. The second kappa shape index (κ2) is 4.38. The van der Waals surface area contributed by atoms with Crippen molar-refractivity contribution in [2.45, 2.75) is 58.4 Å². The van der Waals surface area contributed by atoms with E-state index in [0.717, 1.165) is 50.0 Å². The van der Waals surface area contributed by atoms with E-state index < -0.39 is 0 Å². The highest BCUT2D eigenvalue weighted by Gasteiger charge is 2.33. The monoisotopic (exact) mass is 245 g/mol. The Bertz CT molecular complexity index is 482. The molecule has 1 aromatic rings. The molecule has 0 amide bonds. The summed E-state index contributed by atoms with van der Waals surface area (Å²) in [6.45, 7) is 2.90. The fourth-order valence-electron chi connectivity index (χ4n) is 3.44. The van der Waals surface area contributed by atoms with Gasteiger partial charge in [0.05, 0.1) is 11.4 Å². The number of hydrogen-bond donors (Lipinski definition) is 0. The minimum absolute atomic E-state index is 0.243. The molecule has 3 heteroatoms. The Labute approximate surface area is 107 Å². The van der Waals surface area contributed by atoms with E-state index in [4.69, 9.17) is 0 Å². The third-order valence-electron chi connectivity index (χ3n) is 4.11. The van der Waals surface area contributed by atoms with Gasteiger partial charge in [-0.2, -0.15) is 0 Å². The van der Waals surface area contributed by atoms with E-state index in [9.17, 15) is 9.59 Å². The number of hydrogen-bond acceptors (Lipinski definition) is 2. The van der Waals surface area contributed by atoms with Crippen LogP contribution in [0, 0.1) is 0 Å². The third-order valence-corrected chi connectivity index (χ3v) is 4.11. The van der Waals surface area contributed by atoms with Crippen LogP contribution in [-0.2, 0) is 19.4 Å². The first kappa shape index (κ1) is 11.7. The van der Waals surface area contributed by atoms with Crippen LogP contribution >= 0.6 is 0 Å². The minimum atomic E-state index is 0.243. The molecule has 0 unspecified atom stereocenters. The number of ketones is 2. The van der Waals surface area contributed by atoms with Gasteiger partial charge < -0.3 is 4.57 Å². The highest BCUT2D eigenvalue weighted by Crippen LogP contribution is 2.34. The summed E-state index contributed by atoms with van der Waals surface area (Å²) in [6, 6.07) is 0. The lowest BCUT2D eigenvalue weighted by atomic mass is 9.88. The van der Waals surface area contributed by atoms with Crippen LogP contribution in [0.2, 0.25) is 0 Å². The van der Waals surface area contributed by atoms with E-state index in [2.05, 4.69) is 6.92 Å². The SMILES string of the molecule is CCCn1c2c(c3c1C(=O)CCC3)CCCC2=O. The highest BCUT2D eigenvalue weighted by molar-refractivity contribution is 6.03. The highest BCUT2D eigenvalue weighted by atomic mass is 16.1. The zero-order chi connectivity index (χ0) is 12.7. The number of Topliss-reactive ketones (excluding diaryl/α,β-unsaturated/α-hetero) is 2. The van der Waals surface area contributed by atoms with Crippen molar-refractivity contribution in [3.05, 3.63) is 22.5 Å². The Morgan fingerprint density at radius 3 is 1.83 bits per heavy atom. The molecule has 1 aromatic heterocycles. The molecular formula is C15H19NO2. The molecule has 3 rings (SSSR count). The average Bonchev–Trinajstić information content (AvgIpc) is 2.68. The second-order valence-electron chi connectivity index (χ2n) is 5.36. The number of fused-ring (bicyclic) bond motifs is 3. The standard InChI is InChI=1S/C15H19NO2/c1-2-9-16-14-10(5-3-7-12(14)17)11-6-4-8-13(18)15(11)16/h2-9H2,1H3. The molecule has 1 heterocycles. The Morgan fingerprint density at radius 1 is 0.889 bits per heavy atom. The van der Waals surface area contributed by atoms with Crippen LogP contribution in [0.5, 0.6) is 0 Å². The van der Waals surface area contributed by atoms with Gasteiger partial charge in [0.2, 0.25) is 0 Å². The third kappa shape index (κ3) is 1.57. The Kier molecular flexibility index (Phi) is 2.84. The van der Waals surface area contributed by atoms with Crippen LogP contribution in [0.25, 0.3) is 0 Å². The van der Waals surface area contributed by atoms with Gasteiger partial charge >= 0.3 is 0 Å². The fraction of sp³-hybridized carbons (Fsp3) is 0.600. The molecule has 0 N–H and O–H groups in total. The quantitative estimate of drug-likeness (QED) is 0.803. The summed E-state index contributed by atoms with van der Waals surface area (Å²) in [4.78, 5) is 24.3. The number of aromatic nitrogens is 1. The van der Waals surface area contributed by atoms with E-state index >= 15 is 0 Å². The molecule has 3 nitrogen and oxygen atoms in total. The largest absolute Gasteiger partial charge is 0.335 e. The van der Waals surface area contributed by atoms with Gasteiger partial charge in [0.1, 0.15) is 0 Å². The zero-order valence-corrected chi connectivity index (χ0v) is 10.9. The van der Waals surface area contributed by atoms with E-state index in [1.807, 2.05) is 4.57 Å². The van der Waals surface area contributed by atoms with Crippen molar-refractivity contribution in [3.8, 4) is 0 Å². The van der Waals surface area contributed by atoms with Crippen molar-refractivity contribution in [3.63, 3.8) is 0 Å². The summed E-state index contributed by atoms with van der Waals surface area (Å²) >= 11 is 0. The molecule has 18 heavy (non-hydrogen) atoms. The van der Waals surface area contributed by atoms with Crippen LogP contribution in [0.3, 0.4) is 0 Å². The summed E-state index contributed by atoms with van der Waals surface area (Å²) in [5.74, 6) is 0.485. The molecule has 2 aliphatic carbocycles. The first-order chi connectivity index (χ1) is 8.74. The summed E-state index contributed by atoms with van der Waals surface area (Å²) in [5.41, 5.74) is 4.12. The fourth-order valence-corrected chi connectivity index (χ4v) is 3.44. The number of carbonyl (C=O) groups excluding carboxylic acids is 2. The van der Waals surface area contributed by atoms with Crippen molar-refractivity contribution in [1.82, 2.24) is 4.57 Å². The molecule has 96 valence electrons. The lowest BCUT2D eigenvalue weighted by molar-refractivity contribution is 0.0958. The number of rotatable bonds is 2. The molecule has 0 atom stereocenters. The summed E-state index contributed by atoms with van der Waals surface area (Å²) < 4.78 is 2.04. The normalized spacial score (nSPS) is 18.7. The predicted octanol–water partition coefficient (Wildman–Crippen LogP) is 2.94. The molecule has 0 spiro atoms. The van der Waals surface area contributed by atoms with Crippen LogP contribution < -0.4 is 0 Å². The smallest absolute Gasteiger partial charge is 0.179 e. The van der Waals surface area contributed by atoms with Gasteiger partial charge in [-0.15, -0.1) is 0 Å². The molecule has 0 saturated heterocycles. The van der Waals surface area contributed by atoms with Crippen LogP contribution in [-0.4, -0.2) is 16.1 Å². The van der Waals surface area contributed by atoms with E-state index in [-0.39, 0.29) is 11.6 Å². The van der Waals surface area contributed by atoms with Crippen molar-refractivity contribution in [2.24, 2.45) is 0 Å². The van der Waals surface area contributed by atoms with E-state index in [1.54, 1.807) is 0 Å². The van der Waals surface area contributed by atoms with Crippen LogP contribution in [0.4, 0.5) is 0 Å². The Morgan fingerprint density at radius 2 is 1.39 bits per heavy atom. The van der Waals surface area contributed by atoms with E-state index in [0.29, 0.717) is 12.8 Å². The number of nitrogens with zero attached hydrogens (tertiary/aromatic N) is 1. The van der Waals surface area contributed by atoms with Crippen LogP contribution in [0.15, 0.2) is 0 Å². The van der Waals surface area contributed by atoms with Gasteiger partial charge in [0, 0.05) is 19.4 Å². The molecule has 0 radical (unpaired) electrons. The zero-order valence-electron chi connectivity index (χ0n) is 10.9. The average molecular weight is 245 g/mol. The maximum Gasteiger partial charge on any atom is 0.179 e. The predicted molar refractivity (Wildman–Crippen MR) is 69.3 cm³/mol. The lowest BCUT2D eigenvalue weighted by Gasteiger charge is -2.15. The van der Waals surface area contributed by atoms with Crippen molar-refractivity contribution in [1.29, 1.82) is 0 Å². The van der Waals surface area contributed by atoms with Gasteiger partial charge in [0.15, 0.2) is 11.6 Å². The van der Waals surface area contributed by atoms with Crippen molar-refractivity contribution >= 4 is 11.6 Å². The van der Waals surface area contributed by atoms with Gasteiger partial charge in [-0.1, -0.05) is 6.92 Å². The van der Waals surface area contributed by atoms with Crippen molar-refractivity contribution in [2.75, 3.05) is 0 Å². The van der Waals surface area contributed by atoms with Gasteiger partial charge in [-0.25, -0.2) is 0 Å². The first-order valence-electron chi connectivity index (χ1n) is 7.04. The molecule has 2 aliphatic rings. The second-order valence-corrected chi connectivity index (χ2v) is 5.36. The van der Waals surface area contributed by atoms with E-state index in [1.165, 1.54) is 11.1 Å². The van der Waals surface area contributed by atoms with Gasteiger partial charge in [0.25, 0.3) is 0 Å². The lowest BCUT2D eigenvalue weighted by Crippen LogP contribution is -2.18. The van der Waals surface area contributed by atoms with Crippen molar-refractivity contribution < 1.29 is 9.59 Å². The minimum Gasteiger partial charge on any atom is -0.335 e. The molecule has 0 aliphatic heterocycles. The topological polar surface area (TPSA) is 39.1 Å². The Hall–Kier alpha value is -1.38. The molecule has 0 saturated carbocycles. The van der Waals surface area contributed by atoms with Gasteiger partial charge in [-0.05, 0) is 43.2 Å². The summed E-state index contributed by atoms with van der Waals surface area (Å²) in [7, 11) is 0. The maximum atomic E-state index is 12.2. The van der Waals surface area contributed by atoms with Crippen LogP contribution in [0.1, 0.15) is 71.1 Å².